The first kappa shape index (κ1) is 15.0. The number of rotatable bonds is 6. The summed E-state index contributed by atoms with van der Waals surface area (Å²) in [5, 5.41) is 0. The summed E-state index contributed by atoms with van der Waals surface area (Å²) in [4.78, 5) is 22.8. The lowest BCUT2D eigenvalue weighted by Gasteiger charge is -2.15. The summed E-state index contributed by atoms with van der Waals surface area (Å²) in [6.07, 6.45) is 0.248. The van der Waals surface area contributed by atoms with Gasteiger partial charge in [0.15, 0.2) is 0 Å². The Labute approximate surface area is 112 Å². The Bertz CT molecular complexity index is 423. The average Bonchev–Trinajstić information content (AvgIpc) is 2.46. The zero-order valence-electron chi connectivity index (χ0n) is 11.3. The van der Waals surface area contributed by atoms with Crippen LogP contribution in [0.3, 0.4) is 0 Å². The molecule has 0 atom stereocenters. The fourth-order valence-electron chi connectivity index (χ4n) is 1.77. The molecule has 0 aliphatic heterocycles. The van der Waals surface area contributed by atoms with Gasteiger partial charge >= 0.3 is 11.9 Å². The van der Waals surface area contributed by atoms with Crippen LogP contribution in [-0.2, 0) is 19.1 Å². The standard InChI is InChI=1S/C14H18O5/c1-17-12-6-4-5-10(7-12)11(8-13(15)18-2)9-14(16)19-3/h4-7,11H,8-9H2,1-3H3. The highest BCUT2D eigenvalue weighted by molar-refractivity contribution is 5.74. The third-order valence-electron chi connectivity index (χ3n) is 2.85. The Morgan fingerprint density at radius 2 is 1.63 bits per heavy atom. The molecule has 0 saturated carbocycles. The van der Waals surface area contributed by atoms with Crippen molar-refractivity contribution in [2.45, 2.75) is 18.8 Å². The third kappa shape index (κ3) is 4.62. The molecular formula is C14H18O5. The van der Waals surface area contributed by atoms with Gasteiger partial charge in [-0.25, -0.2) is 0 Å². The molecule has 5 nitrogen and oxygen atoms in total. The summed E-state index contributed by atoms with van der Waals surface area (Å²) in [6, 6.07) is 7.27. The number of carbonyl (C=O) groups is 2. The maximum atomic E-state index is 11.4. The lowest BCUT2D eigenvalue weighted by atomic mass is 9.92. The number of benzene rings is 1. The topological polar surface area (TPSA) is 61.8 Å². The molecule has 104 valence electrons. The predicted molar refractivity (Wildman–Crippen MR) is 69.0 cm³/mol. The number of hydrogen-bond donors (Lipinski definition) is 0. The lowest BCUT2D eigenvalue weighted by Crippen LogP contribution is -2.14. The maximum Gasteiger partial charge on any atom is 0.306 e. The van der Waals surface area contributed by atoms with Gasteiger partial charge in [-0.05, 0) is 17.7 Å². The number of methoxy groups -OCH3 is 3. The van der Waals surface area contributed by atoms with Crippen molar-refractivity contribution in [3.8, 4) is 5.75 Å². The molecule has 5 heteroatoms. The van der Waals surface area contributed by atoms with Crippen LogP contribution in [0.2, 0.25) is 0 Å². The minimum atomic E-state index is -0.364. The van der Waals surface area contributed by atoms with E-state index < -0.39 is 0 Å². The van der Waals surface area contributed by atoms with Crippen LogP contribution in [0.4, 0.5) is 0 Å². The maximum absolute atomic E-state index is 11.4. The third-order valence-corrected chi connectivity index (χ3v) is 2.85. The van der Waals surface area contributed by atoms with Crippen molar-refractivity contribution in [1.82, 2.24) is 0 Å². The van der Waals surface area contributed by atoms with Crippen LogP contribution in [0.1, 0.15) is 24.3 Å². The minimum absolute atomic E-state index is 0.124. The Hall–Kier alpha value is -2.04. The summed E-state index contributed by atoms with van der Waals surface area (Å²) >= 11 is 0. The first-order valence-electron chi connectivity index (χ1n) is 5.88. The second kappa shape index (κ2) is 7.41. The summed E-state index contributed by atoms with van der Waals surface area (Å²) < 4.78 is 14.4. The summed E-state index contributed by atoms with van der Waals surface area (Å²) in [7, 11) is 4.21. The molecule has 0 radical (unpaired) electrons. The minimum Gasteiger partial charge on any atom is -0.497 e. The number of esters is 2. The van der Waals surface area contributed by atoms with E-state index in [1.54, 1.807) is 19.2 Å². The van der Waals surface area contributed by atoms with Gasteiger partial charge in [0.1, 0.15) is 5.75 Å². The van der Waals surface area contributed by atoms with Crippen molar-refractivity contribution >= 4 is 11.9 Å². The summed E-state index contributed by atoms with van der Waals surface area (Å²) in [5.41, 5.74) is 0.843. The highest BCUT2D eigenvalue weighted by Gasteiger charge is 2.21. The summed E-state index contributed by atoms with van der Waals surface area (Å²) in [6.45, 7) is 0. The van der Waals surface area contributed by atoms with Gasteiger partial charge in [-0.1, -0.05) is 12.1 Å². The fraction of sp³-hybridized carbons (Fsp3) is 0.429. The van der Waals surface area contributed by atoms with Crippen LogP contribution < -0.4 is 4.74 Å². The van der Waals surface area contributed by atoms with Crippen molar-refractivity contribution in [1.29, 1.82) is 0 Å². The molecule has 0 amide bonds. The highest BCUT2D eigenvalue weighted by Crippen LogP contribution is 2.27. The lowest BCUT2D eigenvalue weighted by molar-refractivity contribution is -0.143. The quantitative estimate of drug-likeness (QED) is 0.736. The van der Waals surface area contributed by atoms with E-state index in [0.717, 1.165) is 5.56 Å². The van der Waals surface area contributed by atoms with E-state index in [-0.39, 0.29) is 30.7 Å². The van der Waals surface area contributed by atoms with Crippen molar-refractivity contribution in [2.24, 2.45) is 0 Å². The predicted octanol–water partition coefficient (Wildman–Crippen LogP) is 1.90. The molecule has 0 N–H and O–H groups in total. The van der Waals surface area contributed by atoms with Crippen molar-refractivity contribution in [2.75, 3.05) is 21.3 Å². The van der Waals surface area contributed by atoms with Gasteiger partial charge in [0, 0.05) is 5.92 Å². The normalized spacial score (nSPS) is 10.1. The van der Waals surface area contributed by atoms with E-state index in [2.05, 4.69) is 9.47 Å². The van der Waals surface area contributed by atoms with Gasteiger partial charge in [-0.15, -0.1) is 0 Å². The van der Waals surface area contributed by atoms with Crippen LogP contribution in [0.15, 0.2) is 24.3 Å². The molecule has 0 aromatic heterocycles. The largest absolute Gasteiger partial charge is 0.497 e. The van der Waals surface area contributed by atoms with Crippen LogP contribution in [0.5, 0.6) is 5.75 Å². The smallest absolute Gasteiger partial charge is 0.306 e. The van der Waals surface area contributed by atoms with Gasteiger partial charge < -0.3 is 14.2 Å². The van der Waals surface area contributed by atoms with E-state index in [0.29, 0.717) is 5.75 Å². The molecule has 0 heterocycles. The molecule has 0 saturated heterocycles. The Morgan fingerprint density at radius 3 is 2.11 bits per heavy atom. The van der Waals surface area contributed by atoms with Gasteiger partial charge in [0.25, 0.3) is 0 Å². The van der Waals surface area contributed by atoms with E-state index >= 15 is 0 Å². The molecule has 0 fully saturated rings. The van der Waals surface area contributed by atoms with Crippen molar-refractivity contribution in [3.05, 3.63) is 29.8 Å². The Balaban J connectivity index is 2.92. The molecule has 1 aromatic rings. The van der Waals surface area contributed by atoms with Crippen molar-refractivity contribution < 1.29 is 23.8 Å². The molecule has 0 bridgehead atoms. The first-order chi connectivity index (χ1) is 9.10. The van der Waals surface area contributed by atoms with E-state index in [1.165, 1.54) is 14.2 Å². The summed E-state index contributed by atoms with van der Waals surface area (Å²) in [5.74, 6) is -0.333. The first-order valence-corrected chi connectivity index (χ1v) is 5.88. The highest BCUT2D eigenvalue weighted by atomic mass is 16.5. The van der Waals surface area contributed by atoms with Gasteiger partial charge in [-0.3, -0.25) is 9.59 Å². The molecular weight excluding hydrogens is 248 g/mol. The van der Waals surface area contributed by atoms with Crippen LogP contribution in [-0.4, -0.2) is 33.3 Å². The Morgan fingerprint density at radius 1 is 1.05 bits per heavy atom. The zero-order valence-corrected chi connectivity index (χ0v) is 11.3. The SMILES string of the molecule is COC(=O)CC(CC(=O)OC)c1cccc(OC)c1. The molecule has 0 aliphatic carbocycles. The fourth-order valence-corrected chi connectivity index (χ4v) is 1.77. The Kier molecular flexibility index (Phi) is 5.85. The van der Waals surface area contributed by atoms with E-state index in [1.807, 2.05) is 12.1 Å². The molecule has 0 spiro atoms. The molecule has 1 rings (SSSR count). The number of ether oxygens (including phenoxy) is 3. The number of carbonyl (C=O) groups excluding carboxylic acids is 2. The molecule has 1 aromatic carbocycles. The second-order valence-electron chi connectivity index (χ2n) is 4.03. The monoisotopic (exact) mass is 266 g/mol. The number of hydrogen-bond acceptors (Lipinski definition) is 5. The van der Waals surface area contributed by atoms with Crippen LogP contribution in [0.25, 0.3) is 0 Å². The molecule has 0 unspecified atom stereocenters. The average molecular weight is 266 g/mol. The van der Waals surface area contributed by atoms with Crippen LogP contribution in [0, 0.1) is 0 Å². The van der Waals surface area contributed by atoms with Gasteiger partial charge in [0.05, 0.1) is 34.2 Å². The van der Waals surface area contributed by atoms with Crippen molar-refractivity contribution in [3.63, 3.8) is 0 Å². The van der Waals surface area contributed by atoms with Gasteiger partial charge in [0.2, 0.25) is 0 Å². The molecule has 0 aliphatic rings. The van der Waals surface area contributed by atoms with E-state index in [9.17, 15) is 9.59 Å². The van der Waals surface area contributed by atoms with Gasteiger partial charge in [-0.2, -0.15) is 0 Å². The second-order valence-corrected chi connectivity index (χ2v) is 4.03. The van der Waals surface area contributed by atoms with Crippen LogP contribution >= 0.6 is 0 Å². The molecule has 19 heavy (non-hydrogen) atoms. The zero-order chi connectivity index (χ0) is 14.3. The van der Waals surface area contributed by atoms with E-state index in [4.69, 9.17) is 4.74 Å².